The van der Waals surface area contributed by atoms with Crippen LogP contribution in [0.15, 0.2) is 6.07 Å². The normalized spacial score (nSPS) is 25.7. The van der Waals surface area contributed by atoms with E-state index in [1.54, 1.807) is 27.9 Å². The Bertz CT molecular complexity index is 475. The Morgan fingerprint density at radius 1 is 1.12 bits per heavy atom. The van der Waals surface area contributed by atoms with Crippen molar-refractivity contribution in [2.75, 3.05) is 18.0 Å². The Balaban J connectivity index is 2.01. The lowest BCUT2D eigenvalue weighted by Gasteiger charge is -2.43. The van der Waals surface area contributed by atoms with Gasteiger partial charge in [0.05, 0.1) is 0 Å². The first-order chi connectivity index (χ1) is 8.34. The fourth-order valence-corrected chi connectivity index (χ4v) is 4.35. The minimum absolute atomic E-state index is 0.891. The highest BCUT2D eigenvalue weighted by Gasteiger charge is 2.33. The summed E-state index contributed by atoms with van der Waals surface area (Å²) < 4.78 is 0. The van der Waals surface area contributed by atoms with Gasteiger partial charge in [0.15, 0.2) is 0 Å². The van der Waals surface area contributed by atoms with Gasteiger partial charge in [-0.3, -0.25) is 0 Å². The van der Waals surface area contributed by atoms with Gasteiger partial charge in [0.1, 0.15) is 0 Å². The largest absolute Gasteiger partial charge is 0.371 e. The fourth-order valence-electron chi connectivity index (χ4n) is 4.35. The lowest BCUT2D eigenvalue weighted by Crippen LogP contribution is -2.37. The second-order valence-corrected chi connectivity index (χ2v) is 6.06. The number of nitrogens with zero attached hydrogens (tertiary/aromatic N) is 1. The van der Waals surface area contributed by atoms with E-state index in [0.717, 1.165) is 5.92 Å². The maximum absolute atomic E-state index is 2.68. The van der Waals surface area contributed by atoms with Crippen LogP contribution in [0.3, 0.4) is 0 Å². The van der Waals surface area contributed by atoms with Crippen molar-refractivity contribution in [3.63, 3.8) is 0 Å². The number of aryl methyl sites for hydroxylation is 2. The van der Waals surface area contributed by atoms with Crippen molar-refractivity contribution in [2.24, 2.45) is 0 Å². The second-order valence-electron chi connectivity index (χ2n) is 6.06. The first kappa shape index (κ1) is 9.99. The van der Waals surface area contributed by atoms with Crippen LogP contribution < -0.4 is 4.90 Å². The molecular weight excluding hydrogens is 206 g/mol. The molecule has 1 heteroatoms. The molecule has 2 aliphatic heterocycles. The highest BCUT2D eigenvalue weighted by molar-refractivity contribution is 5.68. The molecule has 0 amide bonds. The van der Waals surface area contributed by atoms with Crippen LogP contribution in [-0.4, -0.2) is 13.1 Å². The van der Waals surface area contributed by atoms with Crippen molar-refractivity contribution in [1.29, 1.82) is 0 Å². The summed E-state index contributed by atoms with van der Waals surface area (Å²) >= 11 is 0. The summed E-state index contributed by atoms with van der Waals surface area (Å²) in [6.07, 6.45) is 8.26. The lowest BCUT2D eigenvalue weighted by atomic mass is 9.74. The number of hydrogen-bond acceptors (Lipinski definition) is 1. The molecule has 90 valence electrons. The van der Waals surface area contributed by atoms with Gasteiger partial charge in [0, 0.05) is 18.8 Å². The maximum atomic E-state index is 2.68. The van der Waals surface area contributed by atoms with Gasteiger partial charge in [-0.05, 0) is 73.6 Å². The molecule has 0 saturated carbocycles. The van der Waals surface area contributed by atoms with Crippen molar-refractivity contribution < 1.29 is 0 Å². The second kappa shape index (κ2) is 3.51. The molecule has 0 radical (unpaired) electrons. The predicted molar refractivity (Wildman–Crippen MR) is 72.0 cm³/mol. The standard InChI is InChI=1S/C16H21N/c1-11-10-13-5-3-8-17-9-7-12-4-2-6-14(11)15(12)16(13)17/h10,12H,2-9H2,1H3. The van der Waals surface area contributed by atoms with Crippen LogP contribution in [0.25, 0.3) is 0 Å². The van der Waals surface area contributed by atoms with Crippen molar-refractivity contribution in [3.8, 4) is 0 Å². The third-order valence-corrected chi connectivity index (χ3v) is 5.08. The average Bonchev–Trinajstić information content (AvgIpc) is 2.37. The molecule has 17 heavy (non-hydrogen) atoms. The van der Waals surface area contributed by atoms with Gasteiger partial charge in [-0.2, -0.15) is 0 Å². The Morgan fingerprint density at radius 2 is 2.06 bits per heavy atom. The van der Waals surface area contributed by atoms with E-state index in [1.807, 2.05) is 0 Å². The number of hydrogen-bond donors (Lipinski definition) is 0. The number of benzene rings is 1. The zero-order valence-corrected chi connectivity index (χ0v) is 10.8. The topological polar surface area (TPSA) is 3.24 Å². The van der Waals surface area contributed by atoms with E-state index in [1.165, 1.54) is 51.6 Å². The van der Waals surface area contributed by atoms with Gasteiger partial charge in [-0.25, -0.2) is 0 Å². The monoisotopic (exact) mass is 227 g/mol. The fraction of sp³-hybridized carbons (Fsp3) is 0.625. The van der Waals surface area contributed by atoms with E-state index in [9.17, 15) is 0 Å². The van der Waals surface area contributed by atoms with Crippen LogP contribution >= 0.6 is 0 Å². The smallest absolute Gasteiger partial charge is 0.0437 e. The Kier molecular flexibility index (Phi) is 2.06. The Labute approximate surface area is 104 Å². The van der Waals surface area contributed by atoms with Gasteiger partial charge in [-0.15, -0.1) is 0 Å². The zero-order chi connectivity index (χ0) is 11.4. The molecule has 0 fully saturated rings. The van der Waals surface area contributed by atoms with Crippen LogP contribution in [0, 0.1) is 6.92 Å². The summed E-state index contributed by atoms with van der Waals surface area (Å²) in [5.74, 6) is 0.891. The van der Waals surface area contributed by atoms with E-state index >= 15 is 0 Å². The summed E-state index contributed by atoms with van der Waals surface area (Å²) in [4.78, 5) is 2.68. The Morgan fingerprint density at radius 3 is 3.00 bits per heavy atom. The van der Waals surface area contributed by atoms with Crippen molar-refractivity contribution in [2.45, 2.75) is 51.4 Å². The van der Waals surface area contributed by atoms with E-state index in [0.29, 0.717) is 0 Å². The van der Waals surface area contributed by atoms with Gasteiger partial charge in [0.2, 0.25) is 0 Å². The molecule has 3 aliphatic rings. The van der Waals surface area contributed by atoms with E-state index in [4.69, 9.17) is 0 Å². The van der Waals surface area contributed by atoms with Crippen LogP contribution in [0.1, 0.15) is 53.9 Å². The number of anilines is 1. The molecule has 1 unspecified atom stereocenters. The minimum atomic E-state index is 0.891. The zero-order valence-electron chi connectivity index (χ0n) is 10.8. The molecule has 1 aromatic rings. The molecule has 1 atom stereocenters. The van der Waals surface area contributed by atoms with Crippen molar-refractivity contribution >= 4 is 5.69 Å². The quantitative estimate of drug-likeness (QED) is 0.655. The average molecular weight is 227 g/mol. The maximum Gasteiger partial charge on any atom is 0.0437 e. The summed E-state index contributed by atoms with van der Waals surface area (Å²) in [6, 6.07) is 2.49. The molecule has 1 aliphatic carbocycles. The molecule has 0 spiro atoms. The molecule has 0 bridgehead atoms. The molecule has 4 rings (SSSR count). The van der Waals surface area contributed by atoms with E-state index in [-0.39, 0.29) is 0 Å². The number of rotatable bonds is 0. The first-order valence-corrected chi connectivity index (χ1v) is 7.25. The van der Waals surface area contributed by atoms with Crippen LogP contribution in [0.5, 0.6) is 0 Å². The summed E-state index contributed by atoms with van der Waals surface area (Å²) in [7, 11) is 0. The van der Waals surface area contributed by atoms with Crippen LogP contribution in [0.4, 0.5) is 5.69 Å². The highest BCUT2D eigenvalue weighted by Crippen LogP contribution is 2.48. The molecule has 0 aromatic heterocycles. The predicted octanol–water partition coefficient (Wildman–Crippen LogP) is 3.57. The van der Waals surface area contributed by atoms with Gasteiger partial charge < -0.3 is 4.90 Å². The van der Waals surface area contributed by atoms with Crippen LogP contribution in [0.2, 0.25) is 0 Å². The molecular formula is C16H21N. The third kappa shape index (κ3) is 1.31. The summed E-state index contributed by atoms with van der Waals surface area (Å²) in [5, 5.41) is 0. The van der Waals surface area contributed by atoms with E-state index in [2.05, 4.69) is 17.9 Å². The summed E-state index contributed by atoms with van der Waals surface area (Å²) in [5.41, 5.74) is 8.39. The van der Waals surface area contributed by atoms with Gasteiger partial charge in [0.25, 0.3) is 0 Å². The SMILES string of the molecule is Cc1cc2c3c4c1CCCC4CCN3CCC2. The van der Waals surface area contributed by atoms with Crippen molar-refractivity contribution in [1.82, 2.24) is 0 Å². The first-order valence-electron chi connectivity index (χ1n) is 7.25. The lowest BCUT2D eigenvalue weighted by molar-refractivity contribution is 0.483. The molecule has 1 nitrogen and oxygen atoms in total. The van der Waals surface area contributed by atoms with Crippen molar-refractivity contribution in [3.05, 3.63) is 28.3 Å². The minimum Gasteiger partial charge on any atom is -0.371 e. The third-order valence-electron chi connectivity index (χ3n) is 5.08. The summed E-state index contributed by atoms with van der Waals surface area (Å²) in [6.45, 7) is 4.95. The molecule has 1 aromatic carbocycles. The Hall–Kier alpha value is -0.980. The highest BCUT2D eigenvalue weighted by atomic mass is 15.1. The molecule has 0 saturated heterocycles. The molecule has 2 heterocycles. The van der Waals surface area contributed by atoms with Crippen LogP contribution in [-0.2, 0) is 12.8 Å². The molecule has 0 N–H and O–H groups in total. The van der Waals surface area contributed by atoms with E-state index < -0.39 is 0 Å². The van der Waals surface area contributed by atoms with Gasteiger partial charge >= 0.3 is 0 Å². The van der Waals surface area contributed by atoms with Gasteiger partial charge in [-0.1, -0.05) is 6.07 Å².